The fourth-order valence-electron chi connectivity index (χ4n) is 2.77. The predicted molar refractivity (Wildman–Crippen MR) is 73.9 cm³/mol. The minimum Gasteiger partial charge on any atom is -0.461 e. The van der Waals surface area contributed by atoms with E-state index >= 15 is 0 Å². The smallest absolute Gasteiger partial charge is 0.134 e. The summed E-state index contributed by atoms with van der Waals surface area (Å²) >= 11 is 0. The number of hydrogen-bond acceptors (Lipinski definition) is 3. The molecule has 1 saturated heterocycles. The van der Waals surface area contributed by atoms with Gasteiger partial charge in [0.25, 0.3) is 0 Å². The fourth-order valence-corrected chi connectivity index (χ4v) is 2.77. The van der Waals surface area contributed by atoms with Crippen LogP contribution in [0.1, 0.15) is 11.3 Å². The molecule has 0 radical (unpaired) electrons. The van der Waals surface area contributed by atoms with E-state index in [1.807, 2.05) is 12.1 Å². The van der Waals surface area contributed by atoms with Crippen LogP contribution in [-0.4, -0.2) is 37.6 Å². The van der Waals surface area contributed by atoms with Crippen LogP contribution in [0.3, 0.4) is 0 Å². The van der Waals surface area contributed by atoms with Gasteiger partial charge in [-0.2, -0.15) is 0 Å². The largest absolute Gasteiger partial charge is 0.461 e. The lowest BCUT2D eigenvalue weighted by Gasteiger charge is -2.30. The minimum absolute atomic E-state index is 0.503. The molecule has 3 nitrogen and oxygen atoms in total. The molecule has 1 aromatic heterocycles. The number of likely N-dealkylation sites (N-methyl/N-ethyl adjacent to an activating group) is 1. The number of piperazine rings is 1. The number of rotatable bonds is 2. The maximum absolute atomic E-state index is 5.98. The predicted octanol–water partition coefficient (Wildman–Crippen LogP) is 2.19. The Morgan fingerprint density at radius 1 is 1.39 bits per heavy atom. The lowest BCUT2D eigenvalue weighted by molar-refractivity contribution is 0.233. The zero-order valence-electron chi connectivity index (χ0n) is 11.1. The number of fused-ring (bicyclic) bond motifs is 1. The first kappa shape index (κ1) is 11.8. The SMILES string of the molecule is Cc1c(CC2CN(C)CCN2)oc2ccccc12. The van der Waals surface area contributed by atoms with Gasteiger partial charge in [-0.05, 0) is 25.6 Å². The van der Waals surface area contributed by atoms with Crippen LogP contribution < -0.4 is 5.32 Å². The number of aryl methyl sites for hydroxylation is 1. The van der Waals surface area contributed by atoms with Gasteiger partial charge in [0.1, 0.15) is 11.3 Å². The second-order valence-electron chi connectivity index (χ2n) is 5.26. The maximum Gasteiger partial charge on any atom is 0.134 e. The Balaban J connectivity index is 1.84. The number of para-hydroxylation sites is 1. The van der Waals surface area contributed by atoms with E-state index in [0.29, 0.717) is 6.04 Å². The minimum atomic E-state index is 0.503. The van der Waals surface area contributed by atoms with Crippen molar-refractivity contribution in [2.24, 2.45) is 0 Å². The summed E-state index contributed by atoms with van der Waals surface area (Å²) in [7, 11) is 2.18. The van der Waals surface area contributed by atoms with Crippen molar-refractivity contribution < 1.29 is 4.42 Å². The second-order valence-corrected chi connectivity index (χ2v) is 5.26. The summed E-state index contributed by atoms with van der Waals surface area (Å²) in [4.78, 5) is 2.37. The first-order valence-electron chi connectivity index (χ1n) is 6.63. The molecule has 2 aromatic rings. The van der Waals surface area contributed by atoms with E-state index in [0.717, 1.165) is 37.4 Å². The van der Waals surface area contributed by atoms with Crippen molar-refractivity contribution in [3.05, 3.63) is 35.6 Å². The second kappa shape index (κ2) is 4.75. The number of benzene rings is 1. The van der Waals surface area contributed by atoms with Gasteiger partial charge in [0.05, 0.1) is 0 Å². The van der Waals surface area contributed by atoms with E-state index in [-0.39, 0.29) is 0 Å². The zero-order chi connectivity index (χ0) is 12.5. The van der Waals surface area contributed by atoms with Crippen molar-refractivity contribution in [3.8, 4) is 0 Å². The van der Waals surface area contributed by atoms with E-state index in [4.69, 9.17) is 4.42 Å². The van der Waals surface area contributed by atoms with Crippen molar-refractivity contribution in [2.45, 2.75) is 19.4 Å². The summed E-state index contributed by atoms with van der Waals surface area (Å²) in [6.07, 6.45) is 0.977. The molecule has 96 valence electrons. The molecule has 1 aliphatic rings. The van der Waals surface area contributed by atoms with Gasteiger partial charge in [0.15, 0.2) is 0 Å². The number of furan rings is 1. The van der Waals surface area contributed by atoms with Gasteiger partial charge in [-0.3, -0.25) is 0 Å². The Bertz CT molecular complexity index is 546. The zero-order valence-corrected chi connectivity index (χ0v) is 11.1. The molecule has 3 rings (SSSR count). The van der Waals surface area contributed by atoms with Gasteiger partial charge in [0.2, 0.25) is 0 Å². The van der Waals surface area contributed by atoms with Crippen LogP contribution >= 0.6 is 0 Å². The summed E-state index contributed by atoms with van der Waals surface area (Å²) in [6, 6.07) is 8.79. The van der Waals surface area contributed by atoms with Gasteiger partial charge < -0.3 is 14.6 Å². The fraction of sp³-hybridized carbons (Fsp3) is 0.467. The van der Waals surface area contributed by atoms with E-state index in [1.54, 1.807) is 0 Å². The number of nitrogens with one attached hydrogen (secondary N) is 1. The first-order chi connectivity index (χ1) is 8.74. The molecule has 18 heavy (non-hydrogen) atoms. The van der Waals surface area contributed by atoms with Crippen molar-refractivity contribution in [1.82, 2.24) is 10.2 Å². The summed E-state index contributed by atoms with van der Waals surface area (Å²) in [5.41, 5.74) is 2.30. The highest BCUT2D eigenvalue weighted by Crippen LogP contribution is 2.26. The van der Waals surface area contributed by atoms with Gasteiger partial charge in [0, 0.05) is 37.5 Å². The van der Waals surface area contributed by atoms with Gasteiger partial charge in [-0.15, -0.1) is 0 Å². The summed E-state index contributed by atoms with van der Waals surface area (Å²) in [6.45, 7) is 5.46. The average Bonchev–Trinajstić information content (AvgIpc) is 2.67. The van der Waals surface area contributed by atoms with Crippen LogP contribution in [0.25, 0.3) is 11.0 Å². The number of hydrogen-bond donors (Lipinski definition) is 1. The highest BCUT2D eigenvalue weighted by atomic mass is 16.3. The molecule has 3 heteroatoms. The lowest BCUT2D eigenvalue weighted by Crippen LogP contribution is -2.49. The molecule has 0 amide bonds. The van der Waals surface area contributed by atoms with E-state index in [2.05, 4.69) is 36.3 Å². The van der Waals surface area contributed by atoms with Gasteiger partial charge >= 0.3 is 0 Å². The highest BCUT2D eigenvalue weighted by Gasteiger charge is 2.20. The molecule has 0 bridgehead atoms. The molecular weight excluding hydrogens is 224 g/mol. The summed E-state index contributed by atoms with van der Waals surface area (Å²) in [5.74, 6) is 1.13. The van der Waals surface area contributed by atoms with Gasteiger partial charge in [-0.25, -0.2) is 0 Å². The van der Waals surface area contributed by atoms with Crippen LogP contribution in [0.4, 0.5) is 0 Å². The Labute approximate surface area is 108 Å². The van der Waals surface area contributed by atoms with Crippen molar-refractivity contribution >= 4 is 11.0 Å². The van der Waals surface area contributed by atoms with Crippen LogP contribution in [0.2, 0.25) is 0 Å². The molecular formula is C15H20N2O. The van der Waals surface area contributed by atoms with Crippen LogP contribution in [-0.2, 0) is 6.42 Å². The Kier molecular flexibility index (Phi) is 3.10. The molecule has 0 spiro atoms. The van der Waals surface area contributed by atoms with Crippen molar-refractivity contribution in [2.75, 3.05) is 26.7 Å². The van der Waals surface area contributed by atoms with E-state index < -0.39 is 0 Å². The topological polar surface area (TPSA) is 28.4 Å². The molecule has 0 saturated carbocycles. The molecule has 1 unspecified atom stereocenters. The van der Waals surface area contributed by atoms with Crippen LogP contribution in [0.15, 0.2) is 28.7 Å². The number of nitrogens with zero attached hydrogens (tertiary/aromatic N) is 1. The summed E-state index contributed by atoms with van der Waals surface area (Å²) < 4.78 is 5.98. The van der Waals surface area contributed by atoms with Crippen molar-refractivity contribution in [1.29, 1.82) is 0 Å². The van der Waals surface area contributed by atoms with Crippen LogP contribution in [0.5, 0.6) is 0 Å². The quantitative estimate of drug-likeness (QED) is 0.877. The molecule has 1 fully saturated rings. The normalized spacial score (nSPS) is 21.6. The van der Waals surface area contributed by atoms with Crippen molar-refractivity contribution in [3.63, 3.8) is 0 Å². The van der Waals surface area contributed by atoms with Gasteiger partial charge in [-0.1, -0.05) is 18.2 Å². The molecule has 1 aromatic carbocycles. The van der Waals surface area contributed by atoms with E-state index in [9.17, 15) is 0 Å². The third kappa shape index (κ3) is 2.16. The Morgan fingerprint density at radius 2 is 2.22 bits per heavy atom. The molecule has 1 aliphatic heterocycles. The lowest BCUT2D eigenvalue weighted by atomic mass is 10.1. The van der Waals surface area contributed by atoms with E-state index in [1.165, 1.54) is 10.9 Å². The standard InChI is InChI=1S/C15H20N2O/c1-11-13-5-3-4-6-14(13)18-15(11)9-12-10-17(2)8-7-16-12/h3-6,12,16H,7-10H2,1-2H3. The third-order valence-electron chi connectivity index (χ3n) is 3.83. The highest BCUT2D eigenvalue weighted by molar-refractivity contribution is 5.81. The average molecular weight is 244 g/mol. The molecule has 0 aliphatic carbocycles. The molecule has 1 atom stereocenters. The monoisotopic (exact) mass is 244 g/mol. The third-order valence-corrected chi connectivity index (χ3v) is 3.83. The Morgan fingerprint density at radius 3 is 3.00 bits per heavy atom. The molecule has 2 heterocycles. The maximum atomic E-state index is 5.98. The first-order valence-corrected chi connectivity index (χ1v) is 6.63. The Hall–Kier alpha value is -1.32. The molecule has 1 N–H and O–H groups in total. The van der Waals surface area contributed by atoms with Crippen LogP contribution in [0, 0.1) is 6.92 Å². The summed E-state index contributed by atoms with van der Waals surface area (Å²) in [5, 5.41) is 4.81.